The zero-order valence-corrected chi connectivity index (χ0v) is 10.3. The van der Waals surface area contributed by atoms with Crippen LogP contribution in [0.1, 0.15) is 18.5 Å². The number of benzene rings is 1. The van der Waals surface area contributed by atoms with Crippen LogP contribution in [0.3, 0.4) is 0 Å². The van der Waals surface area contributed by atoms with Crippen molar-refractivity contribution < 1.29 is 9.59 Å². The van der Waals surface area contributed by atoms with Crippen molar-refractivity contribution in [3.63, 3.8) is 0 Å². The van der Waals surface area contributed by atoms with Gasteiger partial charge in [0.15, 0.2) is 0 Å². The Balaban J connectivity index is 2.31. The van der Waals surface area contributed by atoms with Gasteiger partial charge in [-0.25, -0.2) is 0 Å². The van der Waals surface area contributed by atoms with Crippen LogP contribution in [0.5, 0.6) is 0 Å². The van der Waals surface area contributed by atoms with Gasteiger partial charge in [-0.05, 0) is 12.5 Å². The molecule has 1 aliphatic heterocycles. The maximum Gasteiger partial charge on any atom is 0.247 e. The second kappa shape index (κ2) is 5.49. The Bertz CT molecular complexity index is 468. The normalized spacial score (nSPS) is 20.3. The Labute approximate surface area is 106 Å². The summed E-state index contributed by atoms with van der Waals surface area (Å²) in [7, 11) is 0. The fourth-order valence-electron chi connectivity index (χ4n) is 2.04. The van der Waals surface area contributed by atoms with E-state index in [1.807, 2.05) is 49.4 Å². The van der Waals surface area contributed by atoms with Crippen molar-refractivity contribution in [1.29, 1.82) is 0 Å². The van der Waals surface area contributed by atoms with Crippen LogP contribution < -0.4 is 5.32 Å². The Morgan fingerprint density at radius 2 is 2.06 bits per heavy atom. The summed E-state index contributed by atoms with van der Waals surface area (Å²) in [6.45, 7) is 2.44. The molecule has 4 nitrogen and oxygen atoms in total. The van der Waals surface area contributed by atoms with Gasteiger partial charge in [0.1, 0.15) is 6.04 Å². The first-order valence-corrected chi connectivity index (χ1v) is 5.97. The van der Waals surface area contributed by atoms with Crippen molar-refractivity contribution >= 4 is 11.8 Å². The summed E-state index contributed by atoms with van der Waals surface area (Å²) in [6, 6.07) is 8.84. The van der Waals surface area contributed by atoms with Crippen LogP contribution in [-0.4, -0.2) is 29.8 Å². The maximum atomic E-state index is 12.0. The first-order chi connectivity index (χ1) is 8.74. The summed E-state index contributed by atoms with van der Waals surface area (Å²) in [6.07, 6.45) is 3.76. The van der Waals surface area contributed by atoms with Crippen LogP contribution in [0, 0.1) is 0 Å². The third-order valence-electron chi connectivity index (χ3n) is 2.95. The average Bonchev–Trinajstić information content (AvgIpc) is 2.40. The summed E-state index contributed by atoms with van der Waals surface area (Å²) in [4.78, 5) is 25.5. The summed E-state index contributed by atoms with van der Waals surface area (Å²) >= 11 is 0. The molecule has 1 unspecified atom stereocenters. The standard InChI is InChI=1S/C14H16N2O2/c1-2-3-9-16-12(17)10-15-14(18)13(16)11-7-5-4-6-8-11/h2-8,13H,9-10H2,1H3,(H,15,18)/b3-2+. The predicted octanol–water partition coefficient (Wildman–Crippen LogP) is 1.26. The van der Waals surface area contributed by atoms with Crippen molar-refractivity contribution in [3.05, 3.63) is 48.0 Å². The first-order valence-electron chi connectivity index (χ1n) is 5.97. The second-order valence-electron chi connectivity index (χ2n) is 4.15. The zero-order chi connectivity index (χ0) is 13.0. The number of allylic oxidation sites excluding steroid dienone is 1. The average molecular weight is 244 g/mol. The molecule has 1 fully saturated rings. The van der Waals surface area contributed by atoms with Gasteiger partial charge < -0.3 is 10.2 Å². The quantitative estimate of drug-likeness (QED) is 0.814. The number of rotatable bonds is 3. The molecule has 0 bridgehead atoms. The van der Waals surface area contributed by atoms with Gasteiger partial charge in [0, 0.05) is 6.54 Å². The molecule has 1 N–H and O–H groups in total. The van der Waals surface area contributed by atoms with Gasteiger partial charge in [0.2, 0.25) is 11.8 Å². The minimum absolute atomic E-state index is 0.0541. The molecule has 2 rings (SSSR count). The van der Waals surface area contributed by atoms with E-state index < -0.39 is 6.04 Å². The minimum atomic E-state index is -0.524. The van der Waals surface area contributed by atoms with Crippen molar-refractivity contribution in [1.82, 2.24) is 10.2 Å². The van der Waals surface area contributed by atoms with E-state index >= 15 is 0 Å². The Kier molecular flexibility index (Phi) is 3.77. The molecular weight excluding hydrogens is 228 g/mol. The first kappa shape index (κ1) is 12.4. The SMILES string of the molecule is C/C=C/CN1C(=O)CNC(=O)C1c1ccccc1. The van der Waals surface area contributed by atoms with Crippen molar-refractivity contribution in [2.45, 2.75) is 13.0 Å². The second-order valence-corrected chi connectivity index (χ2v) is 4.15. The Hall–Kier alpha value is -2.10. The summed E-state index contributed by atoms with van der Waals surface area (Å²) < 4.78 is 0. The highest BCUT2D eigenvalue weighted by molar-refractivity contribution is 5.95. The van der Waals surface area contributed by atoms with Crippen molar-refractivity contribution in [2.24, 2.45) is 0 Å². The topological polar surface area (TPSA) is 49.4 Å². The molecule has 1 aromatic rings. The highest BCUT2D eigenvalue weighted by Gasteiger charge is 2.34. The van der Waals surface area contributed by atoms with Crippen LogP contribution in [0.15, 0.2) is 42.5 Å². The molecule has 0 aromatic heterocycles. The summed E-state index contributed by atoms with van der Waals surface area (Å²) in [5.41, 5.74) is 0.840. The molecule has 94 valence electrons. The molecule has 1 aliphatic rings. The molecule has 2 amide bonds. The van der Waals surface area contributed by atoms with Gasteiger partial charge in [0.05, 0.1) is 6.54 Å². The van der Waals surface area contributed by atoms with Crippen LogP contribution in [-0.2, 0) is 9.59 Å². The van der Waals surface area contributed by atoms with E-state index in [0.717, 1.165) is 5.56 Å². The molecule has 1 heterocycles. The molecule has 0 spiro atoms. The van der Waals surface area contributed by atoms with E-state index in [4.69, 9.17) is 0 Å². The monoisotopic (exact) mass is 244 g/mol. The molecule has 1 aromatic carbocycles. The molecule has 4 heteroatoms. The minimum Gasteiger partial charge on any atom is -0.345 e. The lowest BCUT2D eigenvalue weighted by Gasteiger charge is -2.34. The van der Waals surface area contributed by atoms with Gasteiger partial charge >= 0.3 is 0 Å². The number of piperazine rings is 1. The maximum absolute atomic E-state index is 12.0. The van der Waals surface area contributed by atoms with Crippen LogP contribution in [0.2, 0.25) is 0 Å². The molecule has 1 saturated heterocycles. The lowest BCUT2D eigenvalue weighted by Crippen LogP contribution is -2.53. The van der Waals surface area contributed by atoms with E-state index in [-0.39, 0.29) is 18.4 Å². The van der Waals surface area contributed by atoms with E-state index in [2.05, 4.69) is 5.32 Å². The van der Waals surface area contributed by atoms with E-state index in [1.54, 1.807) is 4.90 Å². The molecule has 1 atom stereocenters. The van der Waals surface area contributed by atoms with E-state index in [0.29, 0.717) is 6.54 Å². The number of carbonyl (C=O) groups excluding carboxylic acids is 2. The highest BCUT2D eigenvalue weighted by Crippen LogP contribution is 2.23. The largest absolute Gasteiger partial charge is 0.345 e. The molecule has 0 saturated carbocycles. The number of nitrogens with zero attached hydrogens (tertiary/aromatic N) is 1. The highest BCUT2D eigenvalue weighted by atomic mass is 16.2. The fraction of sp³-hybridized carbons (Fsp3) is 0.286. The zero-order valence-electron chi connectivity index (χ0n) is 10.3. The Morgan fingerprint density at radius 3 is 2.72 bits per heavy atom. The van der Waals surface area contributed by atoms with Gasteiger partial charge in [-0.15, -0.1) is 0 Å². The van der Waals surface area contributed by atoms with Crippen molar-refractivity contribution in [3.8, 4) is 0 Å². The van der Waals surface area contributed by atoms with Crippen LogP contribution in [0.25, 0.3) is 0 Å². The molecule has 0 aliphatic carbocycles. The smallest absolute Gasteiger partial charge is 0.247 e. The third kappa shape index (κ3) is 2.42. The van der Waals surface area contributed by atoms with Crippen LogP contribution in [0.4, 0.5) is 0 Å². The number of carbonyl (C=O) groups is 2. The van der Waals surface area contributed by atoms with Gasteiger partial charge in [-0.3, -0.25) is 9.59 Å². The number of hydrogen-bond acceptors (Lipinski definition) is 2. The molecular formula is C14H16N2O2. The van der Waals surface area contributed by atoms with Crippen molar-refractivity contribution in [2.75, 3.05) is 13.1 Å². The van der Waals surface area contributed by atoms with E-state index in [1.165, 1.54) is 0 Å². The fourth-order valence-corrected chi connectivity index (χ4v) is 2.04. The lowest BCUT2D eigenvalue weighted by atomic mass is 10.0. The number of hydrogen-bond donors (Lipinski definition) is 1. The summed E-state index contributed by atoms with van der Waals surface area (Å²) in [5, 5.41) is 2.63. The molecule has 18 heavy (non-hydrogen) atoms. The van der Waals surface area contributed by atoms with Gasteiger partial charge in [-0.2, -0.15) is 0 Å². The Morgan fingerprint density at radius 1 is 1.33 bits per heavy atom. The summed E-state index contributed by atoms with van der Waals surface area (Å²) in [5.74, 6) is -0.174. The van der Waals surface area contributed by atoms with E-state index in [9.17, 15) is 9.59 Å². The lowest BCUT2D eigenvalue weighted by molar-refractivity contribution is -0.145. The number of nitrogens with one attached hydrogen (secondary N) is 1. The predicted molar refractivity (Wildman–Crippen MR) is 68.7 cm³/mol. The third-order valence-corrected chi connectivity index (χ3v) is 2.95. The molecule has 0 radical (unpaired) electrons. The van der Waals surface area contributed by atoms with Crippen LogP contribution >= 0.6 is 0 Å². The van der Waals surface area contributed by atoms with Gasteiger partial charge in [0.25, 0.3) is 0 Å². The van der Waals surface area contributed by atoms with Gasteiger partial charge in [-0.1, -0.05) is 42.5 Å². The number of amides is 2.